The number of hydrogen-bond acceptors (Lipinski definition) is 2. The van der Waals surface area contributed by atoms with Crippen molar-refractivity contribution in [1.29, 1.82) is 0 Å². The maximum Gasteiger partial charge on any atom is 0.137 e. The first kappa shape index (κ1) is 14.8. The van der Waals surface area contributed by atoms with E-state index in [0.717, 1.165) is 24.9 Å². The minimum Gasteiger partial charge on any atom is -0.300 e. The highest BCUT2D eigenvalue weighted by Gasteiger charge is 2.16. The molecule has 0 saturated heterocycles. The van der Waals surface area contributed by atoms with E-state index >= 15 is 0 Å². The van der Waals surface area contributed by atoms with Crippen LogP contribution in [0.15, 0.2) is 27.4 Å². The SMILES string of the molecule is CCCc1nc2cc(C)c(Br)c(C)n2c1Cc1ccsc1. The lowest BCUT2D eigenvalue weighted by atomic mass is 10.1. The number of imidazole rings is 1. The third-order valence-corrected chi connectivity index (χ3v) is 5.80. The molecule has 21 heavy (non-hydrogen) atoms. The highest BCUT2D eigenvalue weighted by molar-refractivity contribution is 9.10. The summed E-state index contributed by atoms with van der Waals surface area (Å²) < 4.78 is 3.50. The van der Waals surface area contributed by atoms with E-state index in [1.165, 1.54) is 32.7 Å². The molecular weight excluding hydrogens is 344 g/mol. The number of aryl methyl sites for hydroxylation is 3. The largest absolute Gasteiger partial charge is 0.300 e. The van der Waals surface area contributed by atoms with Crippen LogP contribution in [0.2, 0.25) is 0 Å². The lowest BCUT2D eigenvalue weighted by Gasteiger charge is -2.10. The van der Waals surface area contributed by atoms with Crippen LogP contribution in [0.1, 0.15) is 41.6 Å². The van der Waals surface area contributed by atoms with Crippen LogP contribution in [0, 0.1) is 13.8 Å². The molecule has 0 saturated carbocycles. The fourth-order valence-electron chi connectivity index (χ4n) is 2.84. The van der Waals surface area contributed by atoms with Gasteiger partial charge in [-0.3, -0.25) is 4.40 Å². The van der Waals surface area contributed by atoms with Gasteiger partial charge in [0.25, 0.3) is 0 Å². The molecule has 3 rings (SSSR count). The first-order chi connectivity index (χ1) is 10.1. The molecule has 4 heteroatoms. The maximum absolute atomic E-state index is 4.89. The average molecular weight is 363 g/mol. The van der Waals surface area contributed by atoms with Crippen LogP contribution in [0.5, 0.6) is 0 Å². The third kappa shape index (κ3) is 2.67. The van der Waals surface area contributed by atoms with Gasteiger partial charge in [0.2, 0.25) is 0 Å². The third-order valence-electron chi connectivity index (χ3n) is 3.86. The van der Waals surface area contributed by atoms with E-state index in [-0.39, 0.29) is 0 Å². The summed E-state index contributed by atoms with van der Waals surface area (Å²) in [7, 11) is 0. The lowest BCUT2D eigenvalue weighted by molar-refractivity contribution is 0.862. The molecule has 0 aliphatic carbocycles. The van der Waals surface area contributed by atoms with E-state index in [0.29, 0.717) is 0 Å². The van der Waals surface area contributed by atoms with Gasteiger partial charge in [-0.25, -0.2) is 4.98 Å². The quantitative estimate of drug-likeness (QED) is 0.613. The summed E-state index contributed by atoms with van der Waals surface area (Å²) >= 11 is 5.47. The zero-order valence-corrected chi connectivity index (χ0v) is 15.0. The van der Waals surface area contributed by atoms with Crippen molar-refractivity contribution in [1.82, 2.24) is 9.38 Å². The summed E-state index contributed by atoms with van der Waals surface area (Å²) in [4.78, 5) is 4.89. The van der Waals surface area contributed by atoms with Crippen LogP contribution in [0.25, 0.3) is 5.65 Å². The fraction of sp³-hybridized carbons (Fsp3) is 0.353. The minimum absolute atomic E-state index is 0.955. The van der Waals surface area contributed by atoms with Gasteiger partial charge in [-0.1, -0.05) is 13.3 Å². The van der Waals surface area contributed by atoms with E-state index in [4.69, 9.17) is 4.98 Å². The monoisotopic (exact) mass is 362 g/mol. The van der Waals surface area contributed by atoms with Gasteiger partial charge >= 0.3 is 0 Å². The number of rotatable bonds is 4. The summed E-state index contributed by atoms with van der Waals surface area (Å²) in [6, 6.07) is 4.38. The van der Waals surface area contributed by atoms with E-state index in [9.17, 15) is 0 Å². The van der Waals surface area contributed by atoms with E-state index in [1.807, 2.05) is 0 Å². The van der Waals surface area contributed by atoms with Crippen molar-refractivity contribution in [2.75, 3.05) is 0 Å². The Kier molecular flexibility index (Phi) is 4.18. The van der Waals surface area contributed by atoms with Crippen molar-refractivity contribution in [2.24, 2.45) is 0 Å². The van der Waals surface area contributed by atoms with Crippen LogP contribution in [-0.4, -0.2) is 9.38 Å². The molecule has 0 bridgehead atoms. The number of hydrogen-bond donors (Lipinski definition) is 0. The van der Waals surface area contributed by atoms with Crippen molar-refractivity contribution in [3.63, 3.8) is 0 Å². The lowest BCUT2D eigenvalue weighted by Crippen LogP contribution is -2.02. The maximum atomic E-state index is 4.89. The number of aromatic nitrogens is 2. The predicted molar refractivity (Wildman–Crippen MR) is 93.5 cm³/mol. The summed E-state index contributed by atoms with van der Waals surface area (Å²) in [5.74, 6) is 0. The molecule has 0 fully saturated rings. The Morgan fingerprint density at radius 3 is 2.81 bits per heavy atom. The topological polar surface area (TPSA) is 17.3 Å². The van der Waals surface area contributed by atoms with Crippen LogP contribution < -0.4 is 0 Å². The van der Waals surface area contributed by atoms with Crippen LogP contribution >= 0.6 is 27.3 Å². The zero-order valence-electron chi connectivity index (χ0n) is 12.6. The van der Waals surface area contributed by atoms with Gasteiger partial charge in [0, 0.05) is 16.6 Å². The van der Waals surface area contributed by atoms with Gasteiger partial charge in [0.15, 0.2) is 0 Å². The van der Waals surface area contributed by atoms with E-state index < -0.39 is 0 Å². The molecule has 0 aliphatic rings. The predicted octanol–water partition coefficient (Wildman–Crippen LogP) is 5.32. The standard InChI is InChI=1S/C17H19BrN2S/c1-4-5-14-15(9-13-6-7-21-10-13)20-12(3)17(18)11(2)8-16(20)19-14/h6-8,10H,4-5,9H2,1-3H3. The molecule has 110 valence electrons. The van der Waals surface area contributed by atoms with Crippen LogP contribution in [0.3, 0.4) is 0 Å². The molecule has 0 aliphatic heterocycles. The molecule has 3 heterocycles. The summed E-state index contributed by atoms with van der Waals surface area (Å²) in [5.41, 5.74) is 7.50. The molecule has 0 radical (unpaired) electrons. The van der Waals surface area contributed by atoms with Crippen LogP contribution in [0.4, 0.5) is 0 Å². The Hall–Kier alpha value is -1.13. The van der Waals surface area contributed by atoms with Crippen molar-refractivity contribution < 1.29 is 0 Å². The molecule has 0 aromatic carbocycles. The van der Waals surface area contributed by atoms with Crippen molar-refractivity contribution in [3.8, 4) is 0 Å². The average Bonchev–Trinajstić information content (AvgIpc) is 3.06. The van der Waals surface area contributed by atoms with Gasteiger partial charge in [-0.15, -0.1) is 0 Å². The normalized spacial score (nSPS) is 11.4. The zero-order chi connectivity index (χ0) is 15.0. The summed E-state index contributed by atoms with van der Waals surface area (Å²) in [6.07, 6.45) is 3.12. The summed E-state index contributed by atoms with van der Waals surface area (Å²) in [5, 5.41) is 4.37. The highest BCUT2D eigenvalue weighted by atomic mass is 79.9. The highest BCUT2D eigenvalue weighted by Crippen LogP contribution is 2.27. The van der Waals surface area contributed by atoms with Gasteiger partial charge < -0.3 is 0 Å². The Morgan fingerprint density at radius 2 is 2.14 bits per heavy atom. The number of fused-ring (bicyclic) bond motifs is 1. The number of halogens is 1. The first-order valence-electron chi connectivity index (χ1n) is 7.28. The second kappa shape index (κ2) is 5.93. The summed E-state index contributed by atoms with van der Waals surface area (Å²) in [6.45, 7) is 6.51. The fourth-order valence-corrected chi connectivity index (χ4v) is 3.80. The molecule has 3 aromatic rings. The van der Waals surface area contributed by atoms with Gasteiger partial charge in [0.1, 0.15) is 5.65 Å². The molecule has 0 spiro atoms. The minimum atomic E-state index is 0.955. The van der Waals surface area contributed by atoms with Gasteiger partial charge in [-0.05, 0) is 70.2 Å². The number of nitrogens with zero attached hydrogens (tertiary/aromatic N) is 2. The second-order valence-corrected chi connectivity index (χ2v) is 7.06. The molecule has 0 amide bonds. The van der Waals surface area contributed by atoms with Crippen molar-refractivity contribution in [2.45, 2.75) is 40.0 Å². The molecule has 0 atom stereocenters. The Bertz CT molecular complexity index is 772. The Morgan fingerprint density at radius 1 is 1.33 bits per heavy atom. The second-order valence-electron chi connectivity index (χ2n) is 5.48. The Balaban J connectivity index is 2.22. The van der Waals surface area contributed by atoms with E-state index in [1.54, 1.807) is 11.3 Å². The van der Waals surface area contributed by atoms with E-state index in [2.05, 4.69) is 64.0 Å². The van der Waals surface area contributed by atoms with Gasteiger partial charge in [-0.2, -0.15) is 11.3 Å². The molecular formula is C17H19BrN2S. The first-order valence-corrected chi connectivity index (χ1v) is 9.02. The van der Waals surface area contributed by atoms with Crippen molar-refractivity contribution in [3.05, 3.63) is 55.6 Å². The van der Waals surface area contributed by atoms with Crippen molar-refractivity contribution >= 4 is 32.9 Å². The number of pyridine rings is 1. The molecule has 2 nitrogen and oxygen atoms in total. The van der Waals surface area contributed by atoms with Gasteiger partial charge in [0.05, 0.1) is 11.4 Å². The number of thiophene rings is 1. The smallest absolute Gasteiger partial charge is 0.137 e. The molecule has 0 unspecified atom stereocenters. The van der Waals surface area contributed by atoms with Crippen LogP contribution in [-0.2, 0) is 12.8 Å². The molecule has 3 aromatic heterocycles. The Labute approximate surface area is 138 Å². The molecule has 0 N–H and O–H groups in total.